The first kappa shape index (κ1) is 23.2. The molecule has 6 nitrogen and oxygen atoms in total. The van der Waals surface area contributed by atoms with Crippen LogP contribution in [0.3, 0.4) is 0 Å². The highest BCUT2D eigenvalue weighted by Gasteiger charge is 2.45. The van der Waals surface area contributed by atoms with Gasteiger partial charge in [0.15, 0.2) is 6.10 Å². The first-order valence-electron chi connectivity index (χ1n) is 9.67. The Kier molecular flexibility index (Phi) is 7.65. The summed E-state index contributed by atoms with van der Waals surface area (Å²) < 4.78 is 39.4. The van der Waals surface area contributed by atoms with Crippen molar-refractivity contribution in [1.82, 2.24) is 10.2 Å². The van der Waals surface area contributed by atoms with Crippen LogP contribution < -0.4 is 11.1 Å². The first-order chi connectivity index (χ1) is 13.5. The molecule has 1 fully saturated rings. The minimum Gasteiger partial charge on any atom is -0.382 e. The summed E-state index contributed by atoms with van der Waals surface area (Å²) in [6, 6.07) is 5.04. The van der Waals surface area contributed by atoms with E-state index < -0.39 is 42.2 Å². The lowest BCUT2D eigenvalue weighted by Crippen LogP contribution is -2.57. The van der Waals surface area contributed by atoms with Crippen LogP contribution in [-0.2, 0) is 16.0 Å². The molecule has 4 atom stereocenters. The standard InChI is InChI=1S/C20H28F3N3O3/c1-12(2)16(24)19(29)26-10-6-9-15(26)18(28)25-14(17(27)20(21,22)23)11-13-7-4-3-5-8-13/h3-5,7-8,12,14-17,27H,6,9-11,24H2,1-2H3,(H,25,28). The summed E-state index contributed by atoms with van der Waals surface area (Å²) in [5.74, 6) is -1.24. The van der Waals surface area contributed by atoms with E-state index in [2.05, 4.69) is 5.32 Å². The number of likely N-dealkylation sites (tertiary alicyclic amines) is 1. The fraction of sp³-hybridized carbons (Fsp3) is 0.600. The van der Waals surface area contributed by atoms with Gasteiger partial charge in [-0.1, -0.05) is 44.2 Å². The molecule has 29 heavy (non-hydrogen) atoms. The molecule has 0 aliphatic carbocycles. The van der Waals surface area contributed by atoms with Crippen molar-refractivity contribution in [1.29, 1.82) is 0 Å². The second-order valence-electron chi connectivity index (χ2n) is 7.75. The summed E-state index contributed by atoms with van der Waals surface area (Å²) in [6.07, 6.45) is -6.92. The Hall–Kier alpha value is -2.13. The van der Waals surface area contributed by atoms with Gasteiger partial charge in [-0.25, -0.2) is 0 Å². The molecule has 0 bridgehead atoms. The second kappa shape index (κ2) is 9.58. The highest BCUT2D eigenvalue weighted by molar-refractivity contribution is 5.90. The lowest BCUT2D eigenvalue weighted by Gasteiger charge is -2.31. The molecule has 2 amide bonds. The molecular formula is C20H28F3N3O3. The van der Waals surface area contributed by atoms with Gasteiger partial charge >= 0.3 is 6.18 Å². The van der Waals surface area contributed by atoms with Gasteiger partial charge in [0.05, 0.1) is 12.1 Å². The van der Waals surface area contributed by atoms with Gasteiger partial charge in [-0.2, -0.15) is 13.2 Å². The number of nitrogens with zero attached hydrogens (tertiary/aromatic N) is 1. The summed E-state index contributed by atoms with van der Waals surface area (Å²) in [6.45, 7) is 3.88. The van der Waals surface area contributed by atoms with E-state index in [0.717, 1.165) is 0 Å². The molecule has 9 heteroatoms. The number of hydrogen-bond donors (Lipinski definition) is 3. The number of alkyl halides is 3. The summed E-state index contributed by atoms with van der Waals surface area (Å²) in [4.78, 5) is 26.7. The Bertz CT molecular complexity index is 697. The minimum absolute atomic E-state index is 0.135. The first-order valence-corrected chi connectivity index (χ1v) is 9.67. The number of nitrogens with two attached hydrogens (primary N) is 1. The highest BCUT2D eigenvalue weighted by atomic mass is 19.4. The van der Waals surface area contributed by atoms with E-state index in [1.54, 1.807) is 44.2 Å². The minimum atomic E-state index is -4.89. The van der Waals surface area contributed by atoms with Gasteiger partial charge in [-0.3, -0.25) is 9.59 Å². The summed E-state index contributed by atoms with van der Waals surface area (Å²) in [5.41, 5.74) is 6.44. The Labute approximate surface area is 168 Å². The molecule has 1 aliphatic rings. The molecule has 162 valence electrons. The Balaban J connectivity index is 2.16. The predicted molar refractivity (Wildman–Crippen MR) is 102 cm³/mol. The van der Waals surface area contributed by atoms with Gasteiger partial charge in [0, 0.05) is 6.54 Å². The SMILES string of the molecule is CC(C)C(N)C(=O)N1CCCC1C(=O)NC(Cc1ccccc1)C(O)C(F)(F)F. The lowest BCUT2D eigenvalue weighted by molar-refractivity contribution is -0.212. The molecule has 0 saturated carbocycles. The van der Waals surface area contributed by atoms with Crippen LogP contribution in [0.1, 0.15) is 32.3 Å². The molecule has 1 heterocycles. The van der Waals surface area contributed by atoms with Crippen molar-refractivity contribution in [3.63, 3.8) is 0 Å². The summed E-state index contributed by atoms with van der Waals surface area (Å²) in [7, 11) is 0. The van der Waals surface area contributed by atoms with E-state index in [1.807, 2.05) is 0 Å². The Morgan fingerprint density at radius 1 is 1.28 bits per heavy atom. The third kappa shape index (κ3) is 5.93. The molecule has 4 N–H and O–H groups in total. The smallest absolute Gasteiger partial charge is 0.382 e. The zero-order chi connectivity index (χ0) is 21.8. The van der Waals surface area contributed by atoms with Gasteiger partial charge in [-0.15, -0.1) is 0 Å². The predicted octanol–water partition coefficient (Wildman–Crippen LogP) is 1.61. The van der Waals surface area contributed by atoms with Crippen molar-refractivity contribution >= 4 is 11.8 Å². The quantitative estimate of drug-likeness (QED) is 0.631. The number of carbonyl (C=O) groups is 2. The van der Waals surface area contributed by atoms with Crippen LogP contribution in [0.25, 0.3) is 0 Å². The van der Waals surface area contributed by atoms with Crippen LogP contribution in [0.2, 0.25) is 0 Å². The second-order valence-corrected chi connectivity index (χ2v) is 7.75. The van der Waals surface area contributed by atoms with E-state index in [1.165, 1.54) is 4.90 Å². The van der Waals surface area contributed by atoms with Gasteiger partial charge in [-0.05, 0) is 30.7 Å². The van der Waals surface area contributed by atoms with Crippen molar-refractivity contribution in [2.75, 3.05) is 6.54 Å². The fourth-order valence-corrected chi connectivity index (χ4v) is 3.40. The fourth-order valence-electron chi connectivity index (χ4n) is 3.40. The van der Waals surface area contributed by atoms with E-state index >= 15 is 0 Å². The topological polar surface area (TPSA) is 95.7 Å². The molecule has 0 spiro atoms. The molecule has 1 aromatic carbocycles. The Morgan fingerprint density at radius 2 is 1.90 bits per heavy atom. The molecule has 0 aromatic heterocycles. The van der Waals surface area contributed by atoms with Crippen molar-refractivity contribution in [2.45, 2.75) is 63.5 Å². The van der Waals surface area contributed by atoms with Crippen molar-refractivity contribution in [3.8, 4) is 0 Å². The van der Waals surface area contributed by atoms with Crippen LogP contribution >= 0.6 is 0 Å². The molecule has 0 radical (unpaired) electrons. The van der Waals surface area contributed by atoms with Crippen LogP contribution in [0, 0.1) is 5.92 Å². The maximum atomic E-state index is 13.1. The number of nitrogens with one attached hydrogen (secondary N) is 1. The van der Waals surface area contributed by atoms with Crippen molar-refractivity contribution < 1.29 is 27.9 Å². The van der Waals surface area contributed by atoms with E-state index in [-0.39, 0.29) is 12.3 Å². The molecule has 4 unspecified atom stereocenters. The zero-order valence-corrected chi connectivity index (χ0v) is 16.5. The normalized spacial score (nSPS) is 20.4. The van der Waals surface area contributed by atoms with Gasteiger partial charge in [0.1, 0.15) is 6.04 Å². The largest absolute Gasteiger partial charge is 0.416 e. The summed E-state index contributed by atoms with van der Waals surface area (Å²) >= 11 is 0. The zero-order valence-electron chi connectivity index (χ0n) is 16.5. The third-order valence-corrected chi connectivity index (χ3v) is 5.18. The molecular weight excluding hydrogens is 387 g/mol. The van der Waals surface area contributed by atoms with Crippen LogP contribution in [0.5, 0.6) is 0 Å². The van der Waals surface area contributed by atoms with Crippen LogP contribution in [0.4, 0.5) is 13.2 Å². The highest BCUT2D eigenvalue weighted by Crippen LogP contribution is 2.25. The number of aliphatic hydroxyl groups excluding tert-OH is 1. The molecule has 1 saturated heterocycles. The van der Waals surface area contributed by atoms with Crippen LogP contribution in [-0.4, -0.2) is 58.8 Å². The molecule has 1 aromatic rings. The number of rotatable bonds is 7. The third-order valence-electron chi connectivity index (χ3n) is 5.18. The molecule has 2 rings (SSSR count). The lowest BCUT2D eigenvalue weighted by atomic mass is 10.00. The van der Waals surface area contributed by atoms with E-state index in [0.29, 0.717) is 24.9 Å². The van der Waals surface area contributed by atoms with Crippen molar-refractivity contribution in [3.05, 3.63) is 35.9 Å². The van der Waals surface area contributed by atoms with E-state index in [4.69, 9.17) is 5.73 Å². The average molecular weight is 415 g/mol. The Morgan fingerprint density at radius 3 is 2.45 bits per heavy atom. The van der Waals surface area contributed by atoms with Crippen LogP contribution in [0.15, 0.2) is 30.3 Å². The maximum Gasteiger partial charge on any atom is 0.416 e. The van der Waals surface area contributed by atoms with Gasteiger partial charge in [0.2, 0.25) is 11.8 Å². The number of amides is 2. The number of halogens is 3. The number of benzene rings is 1. The van der Waals surface area contributed by atoms with Gasteiger partial charge < -0.3 is 21.1 Å². The number of aliphatic hydroxyl groups is 1. The maximum absolute atomic E-state index is 13.1. The summed E-state index contributed by atoms with van der Waals surface area (Å²) in [5, 5.41) is 12.1. The number of hydrogen-bond acceptors (Lipinski definition) is 4. The van der Waals surface area contributed by atoms with E-state index in [9.17, 15) is 27.9 Å². The number of carbonyl (C=O) groups excluding carboxylic acids is 2. The molecule has 1 aliphatic heterocycles. The monoisotopic (exact) mass is 415 g/mol. The average Bonchev–Trinajstić information content (AvgIpc) is 3.15. The van der Waals surface area contributed by atoms with Crippen molar-refractivity contribution in [2.24, 2.45) is 11.7 Å². The van der Waals surface area contributed by atoms with Gasteiger partial charge in [0.25, 0.3) is 0 Å².